The first-order chi connectivity index (χ1) is 8.24. The standard InChI is InChI=1S/C15H22O3/c1-8(2)10-6-11-9(3)5-12(16)14(11)15(4,18)7-13(10)17/h6,8-9,13,17-18H,5,7H2,1-4H3/t9-,13+,15-/m1/s1. The van der Waals surface area contributed by atoms with Gasteiger partial charge in [0.1, 0.15) is 0 Å². The lowest BCUT2D eigenvalue weighted by molar-refractivity contribution is -0.117. The average molecular weight is 250 g/mol. The molecular weight excluding hydrogens is 228 g/mol. The monoisotopic (exact) mass is 250 g/mol. The first kappa shape index (κ1) is 13.5. The molecule has 0 fully saturated rings. The number of ketones is 1. The van der Waals surface area contributed by atoms with Gasteiger partial charge in [-0.1, -0.05) is 26.8 Å². The lowest BCUT2D eigenvalue weighted by Gasteiger charge is -2.27. The minimum atomic E-state index is -1.22. The Morgan fingerprint density at radius 1 is 1.44 bits per heavy atom. The molecule has 0 heterocycles. The Labute approximate surface area is 108 Å². The topological polar surface area (TPSA) is 57.5 Å². The summed E-state index contributed by atoms with van der Waals surface area (Å²) in [5.74, 6) is 0.375. The van der Waals surface area contributed by atoms with Crippen molar-refractivity contribution in [2.24, 2.45) is 11.8 Å². The van der Waals surface area contributed by atoms with Gasteiger partial charge in [-0.3, -0.25) is 4.79 Å². The van der Waals surface area contributed by atoms with Crippen molar-refractivity contribution in [2.45, 2.75) is 52.2 Å². The minimum Gasteiger partial charge on any atom is -0.389 e. The number of Topliss-reactive ketones (excluding diaryl/α,β-unsaturated/α-hetero) is 1. The molecule has 2 aliphatic rings. The normalized spacial score (nSPS) is 36.8. The van der Waals surface area contributed by atoms with Crippen LogP contribution in [0, 0.1) is 11.8 Å². The van der Waals surface area contributed by atoms with E-state index in [-0.39, 0.29) is 24.0 Å². The highest BCUT2D eigenvalue weighted by Gasteiger charge is 2.43. The fraction of sp³-hybridized carbons (Fsp3) is 0.667. The van der Waals surface area contributed by atoms with Gasteiger partial charge in [-0.05, 0) is 29.9 Å². The zero-order chi connectivity index (χ0) is 13.7. The maximum atomic E-state index is 12.0. The van der Waals surface area contributed by atoms with Crippen molar-refractivity contribution >= 4 is 5.78 Å². The summed E-state index contributed by atoms with van der Waals surface area (Å²) in [5, 5.41) is 20.7. The molecule has 0 aromatic heterocycles. The van der Waals surface area contributed by atoms with E-state index in [1.807, 2.05) is 26.8 Å². The van der Waals surface area contributed by atoms with Gasteiger partial charge in [0.25, 0.3) is 0 Å². The summed E-state index contributed by atoms with van der Waals surface area (Å²) < 4.78 is 0. The number of aliphatic hydroxyl groups is 2. The van der Waals surface area contributed by atoms with Crippen molar-refractivity contribution in [3.8, 4) is 0 Å². The second kappa shape index (κ2) is 4.32. The van der Waals surface area contributed by atoms with Crippen LogP contribution in [-0.4, -0.2) is 27.7 Å². The van der Waals surface area contributed by atoms with Gasteiger partial charge in [0.15, 0.2) is 5.78 Å². The van der Waals surface area contributed by atoms with E-state index >= 15 is 0 Å². The van der Waals surface area contributed by atoms with Crippen LogP contribution in [-0.2, 0) is 4.79 Å². The van der Waals surface area contributed by atoms with Crippen molar-refractivity contribution in [2.75, 3.05) is 0 Å². The fourth-order valence-corrected chi connectivity index (χ4v) is 3.15. The van der Waals surface area contributed by atoms with E-state index in [2.05, 4.69) is 0 Å². The molecule has 3 heteroatoms. The predicted molar refractivity (Wildman–Crippen MR) is 70.0 cm³/mol. The summed E-state index contributed by atoms with van der Waals surface area (Å²) >= 11 is 0. The molecule has 0 saturated carbocycles. The zero-order valence-corrected chi connectivity index (χ0v) is 11.5. The number of allylic oxidation sites excluding steroid dienone is 2. The zero-order valence-electron chi connectivity index (χ0n) is 11.5. The quantitative estimate of drug-likeness (QED) is 0.748. The second-order valence-electron chi connectivity index (χ2n) is 6.15. The molecule has 0 aromatic rings. The molecule has 0 amide bonds. The van der Waals surface area contributed by atoms with Crippen LogP contribution >= 0.6 is 0 Å². The molecule has 3 atom stereocenters. The van der Waals surface area contributed by atoms with Gasteiger partial charge in [-0.15, -0.1) is 0 Å². The van der Waals surface area contributed by atoms with Gasteiger partial charge >= 0.3 is 0 Å². The molecule has 0 saturated heterocycles. The smallest absolute Gasteiger partial charge is 0.162 e. The van der Waals surface area contributed by atoms with Crippen molar-refractivity contribution in [1.29, 1.82) is 0 Å². The Bertz CT molecular complexity index is 441. The average Bonchev–Trinajstić information content (AvgIpc) is 2.41. The van der Waals surface area contributed by atoms with E-state index in [0.29, 0.717) is 12.0 Å². The number of hydrogen-bond acceptors (Lipinski definition) is 3. The van der Waals surface area contributed by atoms with Crippen molar-refractivity contribution in [3.05, 3.63) is 22.8 Å². The maximum Gasteiger partial charge on any atom is 0.162 e. The van der Waals surface area contributed by atoms with E-state index in [1.165, 1.54) is 0 Å². The number of carbonyl (C=O) groups is 1. The molecule has 100 valence electrons. The molecule has 0 spiro atoms. The van der Waals surface area contributed by atoms with Gasteiger partial charge in [0, 0.05) is 18.4 Å². The lowest BCUT2D eigenvalue weighted by atomic mass is 9.86. The molecule has 3 nitrogen and oxygen atoms in total. The summed E-state index contributed by atoms with van der Waals surface area (Å²) in [6.45, 7) is 7.69. The van der Waals surface area contributed by atoms with E-state index in [9.17, 15) is 15.0 Å². The van der Waals surface area contributed by atoms with Gasteiger partial charge in [0.2, 0.25) is 0 Å². The van der Waals surface area contributed by atoms with Crippen molar-refractivity contribution in [3.63, 3.8) is 0 Å². The highest BCUT2D eigenvalue weighted by Crippen LogP contribution is 2.42. The molecule has 0 aromatic carbocycles. The van der Waals surface area contributed by atoms with Crippen LogP contribution < -0.4 is 0 Å². The minimum absolute atomic E-state index is 0.0240. The molecule has 2 aliphatic carbocycles. The van der Waals surface area contributed by atoms with Gasteiger partial charge in [0.05, 0.1) is 11.7 Å². The number of aliphatic hydroxyl groups excluding tert-OH is 1. The summed E-state index contributed by atoms with van der Waals surface area (Å²) in [5.41, 5.74) is 1.14. The van der Waals surface area contributed by atoms with Crippen LogP contribution in [0.1, 0.15) is 40.5 Å². The Kier molecular flexibility index (Phi) is 3.24. The Balaban J connectivity index is 2.57. The molecule has 0 radical (unpaired) electrons. The van der Waals surface area contributed by atoms with Crippen LogP contribution in [0.25, 0.3) is 0 Å². The summed E-state index contributed by atoms with van der Waals surface area (Å²) in [6, 6.07) is 0. The third-order valence-corrected chi connectivity index (χ3v) is 4.09. The summed E-state index contributed by atoms with van der Waals surface area (Å²) in [6.07, 6.45) is 1.94. The third-order valence-electron chi connectivity index (χ3n) is 4.09. The fourth-order valence-electron chi connectivity index (χ4n) is 3.15. The van der Waals surface area contributed by atoms with E-state index < -0.39 is 11.7 Å². The molecular formula is C15H22O3. The van der Waals surface area contributed by atoms with Crippen molar-refractivity contribution < 1.29 is 15.0 Å². The SMILES string of the molecule is CC(C)C1=CC2=C(C(=O)C[C@H]2C)[C@](C)(O)C[C@@H]1O. The molecule has 0 unspecified atom stereocenters. The molecule has 0 bridgehead atoms. The first-order valence-electron chi connectivity index (χ1n) is 6.63. The predicted octanol–water partition coefficient (Wildman–Crippen LogP) is 1.99. The summed E-state index contributed by atoms with van der Waals surface area (Å²) in [7, 11) is 0. The number of rotatable bonds is 1. The van der Waals surface area contributed by atoms with Crippen LogP contribution in [0.3, 0.4) is 0 Å². The van der Waals surface area contributed by atoms with E-state index in [0.717, 1.165) is 11.1 Å². The second-order valence-corrected chi connectivity index (χ2v) is 6.15. The van der Waals surface area contributed by atoms with Gasteiger partial charge in [-0.25, -0.2) is 0 Å². The maximum absolute atomic E-state index is 12.0. The summed E-state index contributed by atoms with van der Waals surface area (Å²) in [4.78, 5) is 12.0. The first-order valence-corrected chi connectivity index (χ1v) is 6.63. The lowest BCUT2D eigenvalue weighted by Crippen LogP contribution is -2.34. The Morgan fingerprint density at radius 2 is 2.06 bits per heavy atom. The van der Waals surface area contributed by atoms with Gasteiger partial charge in [-0.2, -0.15) is 0 Å². The van der Waals surface area contributed by atoms with Crippen LogP contribution in [0.15, 0.2) is 22.8 Å². The number of hydrogen-bond donors (Lipinski definition) is 2. The highest BCUT2D eigenvalue weighted by molar-refractivity contribution is 6.01. The van der Waals surface area contributed by atoms with E-state index in [1.54, 1.807) is 6.92 Å². The highest BCUT2D eigenvalue weighted by atomic mass is 16.3. The van der Waals surface area contributed by atoms with Crippen LogP contribution in [0.2, 0.25) is 0 Å². The van der Waals surface area contributed by atoms with Gasteiger partial charge < -0.3 is 10.2 Å². The largest absolute Gasteiger partial charge is 0.389 e. The molecule has 2 rings (SSSR count). The molecule has 0 aliphatic heterocycles. The Hall–Kier alpha value is -0.930. The van der Waals surface area contributed by atoms with Crippen LogP contribution in [0.5, 0.6) is 0 Å². The van der Waals surface area contributed by atoms with E-state index in [4.69, 9.17) is 0 Å². The third kappa shape index (κ3) is 2.06. The molecule has 18 heavy (non-hydrogen) atoms. The molecule has 2 N–H and O–H groups in total. The van der Waals surface area contributed by atoms with Crippen LogP contribution in [0.4, 0.5) is 0 Å². The number of carbonyl (C=O) groups excluding carboxylic acids is 1. The van der Waals surface area contributed by atoms with Crippen molar-refractivity contribution in [1.82, 2.24) is 0 Å². The Morgan fingerprint density at radius 3 is 2.61 bits per heavy atom.